The Balaban J connectivity index is 1.71. The number of fused-ring (bicyclic) bond motifs is 1. The third kappa shape index (κ3) is 3.91. The maximum absolute atomic E-state index is 12.7. The summed E-state index contributed by atoms with van der Waals surface area (Å²) in [5, 5.41) is 6.33. The zero-order valence-electron chi connectivity index (χ0n) is 12.3. The van der Waals surface area contributed by atoms with Crippen molar-refractivity contribution in [3.8, 4) is 0 Å². The van der Waals surface area contributed by atoms with Crippen LogP contribution in [0.4, 0.5) is 18.9 Å². The summed E-state index contributed by atoms with van der Waals surface area (Å²) in [4.78, 5) is 15.7. The number of halogens is 3. The third-order valence-electron chi connectivity index (χ3n) is 3.79. The van der Waals surface area contributed by atoms with Crippen LogP contribution in [0.25, 0.3) is 10.9 Å². The lowest BCUT2D eigenvalue weighted by molar-refractivity contribution is -0.137. The highest BCUT2D eigenvalue weighted by molar-refractivity contribution is 5.93. The van der Waals surface area contributed by atoms with Gasteiger partial charge in [-0.2, -0.15) is 13.2 Å². The van der Waals surface area contributed by atoms with Gasteiger partial charge in [0.25, 0.3) is 0 Å². The summed E-state index contributed by atoms with van der Waals surface area (Å²) in [7, 11) is 0. The van der Waals surface area contributed by atoms with Crippen LogP contribution in [0.1, 0.15) is 18.4 Å². The van der Waals surface area contributed by atoms with Gasteiger partial charge in [-0.15, -0.1) is 0 Å². The number of benzene rings is 1. The normalized spacial score (nSPS) is 14.7. The van der Waals surface area contributed by atoms with Gasteiger partial charge in [0, 0.05) is 23.8 Å². The fourth-order valence-electron chi connectivity index (χ4n) is 2.30. The highest BCUT2D eigenvalue weighted by Crippen LogP contribution is 2.32. The molecule has 3 rings (SSSR count). The second kappa shape index (κ2) is 6.06. The molecule has 1 aliphatic rings. The van der Waals surface area contributed by atoms with E-state index < -0.39 is 11.7 Å². The second-order valence-corrected chi connectivity index (χ2v) is 5.69. The zero-order valence-corrected chi connectivity index (χ0v) is 12.3. The monoisotopic (exact) mass is 323 g/mol. The average molecular weight is 323 g/mol. The number of nitrogens with one attached hydrogen (secondary N) is 2. The number of hydrogen-bond acceptors (Lipinski definition) is 3. The first-order chi connectivity index (χ1) is 10.9. The van der Waals surface area contributed by atoms with Crippen LogP contribution < -0.4 is 10.6 Å². The van der Waals surface area contributed by atoms with Crippen LogP contribution in [0.15, 0.2) is 30.5 Å². The van der Waals surface area contributed by atoms with Gasteiger partial charge in [-0.3, -0.25) is 9.78 Å². The molecule has 0 unspecified atom stereocenters. The molecule has 1 saturated carbocycles. The van der Waals surface area contributed by atoms with E-state index in [1.807, 2.05) is 0 Å². The summed E-state index contributed by atoms with van der Waals surface area (Å²) < 4.78 is 38.2. The van der Waals surface area contributed by atoms with E-state index in [2.05, 4.69) is 15.6 Å². The van der Waals surface area contributed by atoms with Crippen LogP contribution in [-0.2, 0) is 11.0 Å². The molecule has 1 aliphatic carbocycles. The van der Waals surface area contributed by atoms with Gasteiger partial charge in [0.1, 0.15) is 0 Å². The summed E-state index contributed by atoms with van der Waals surface area (Å²) >= 11 is 0. The number of aromatic nitrogens is 1. The molecule has 23 heavy (non-hydrogen) atoms. The summed E-state index contributed by atoms with van der Waals surface area (Å²) in [5.74, 6) is 0.468. The highest BCUT2D eigenvalue weighted by Gasteiger charge is 2.30. The number of pyridine rings is 1. The number of hydrogen-bond donors (Lipinski definition) is 2. The molecule has 0 bridgehead atoms. The maximum atomic E-state index is 12.7. The van der Waals surface area contributed by atoms with E-state index in [-0.39, 0.29) is 18.0 Å². The molecule has 0 atom stereocenters. The molecule has 1 heterocycles. The molecule has 0 spiro atoms. The smallest absolute Gasteiger partial charge is 0.376 e. The zero-order chi connectivity index (χ0) is 16.4. The molecular weight excluding hydrogens is 307 g/mol. The van der Waals surface area contributed by atoms with Crippen molar-refractivity contribution >= 4 is 22.5 Å². The van der Waals surface area contributed by atoms with E-state index in [0.29, 0.717) is 23.5 Å². The van der Waals surface area contributed by atoms with Crippen molar-refractivity contribution in [3.63, 3.8) is 0 Å². The fourth-order valence-corrected chi connectivity index (χ4v) is 2.30. The number of carbonyl (C=O) groups is 1. The minimum atomic E-state index is -4.40. The first-order valence-corrected chi connectivity index (χ1v) is 7.40. The predicted octanol–water partition coefficient (Wildman–Crippen LogP) is 3.19. The predicted molar refractivity (Wildman–Crippen MR) is 81.0 cm³/mol. The largest absolute Gasteiger partial charge is 0.416 e. The van der Waals surface area contributed by atoms with E-state index in [0.717, 1.165) is 25.0 Å². The topological polar surface area (TPSA) is 54.0 Å². The second-order valence-electron chi connectivity index (χ2n) is 5.69. The lowest BCUT2D eigenvalue weighted by Crippen LogP contribution is -2.31. The minimum Gasteiger partial charge on any atom is -0.376 e. The van der Waals surface area contributed by atoms with E-state index in [1.165, 1.54) is 12.3 Å². The van der Waals surface area contributed by atoms with Crippen LogP contribution in [0.2, 0.25) is 0 Å². The first-order valence-electron chi connectivity index (χ1n) is 7.40. The van der Waals surface area contributed by atoms with E-state index in [9.17, 15) is 18.0 Å². The molecule has 0 saturated heterocycles. The molecule has 4 nitrogen and oxygen atoms in total. The molecule has 1 aromatic carbocycles. The van der Waals surface area contributed by atoms with Gasteiger partial charge < -0.3 is 10.6 Å². The molecule has 122 valence electrons. The number of anilines is 1. The number of nitrogens with zero attached hydrogens (tertiary/aromatic N) is 1. The van der Waals surface area contributed by atoms with E-state index in [4.69, 9.17) is 0 Å². The van der Waals surface area contributed by atoms with E-state index in [1.54, 1.807) is 6.07 Å². The standard InChI is InChI=1S/C16H16F3N3O/c17-16(18,19)11-3-4-12-13(5-6-20-14(12)7-11)21-9-15(23)22-8-10-1-2-10/h3-7,10H,1-2,8-9H2,(H,20,21)(H,22,23). The molecule has 0 aliphatic heterocycles. The Morgan fingerprint density at radius 1 is 1.26 bits per heavy atom. The van der Waals surface area contributed by atoms with Crippen molar-refractivity contribution < 1.29 is 18.0 Å². The van der Waals surface area contributed by atoms with Crippen LogP contribution >= 0.6 is 0 Å². The van der Waals surface area contributed by atoms with Crippen molar-refractivity contribution in [2.75, 3.05) is 18.4 Å². The summed E-state index contributed by atoms with van der Waals surface area (Å²) in [6.45, 7) is 0.763. The summed E-state index contributed by atoms with van der Waals surface area (Å²) in [6.07, 6.45) is -0.663. The number of carbonyl (C=O) groups excluding carboxylic acids is 1. The fraction of sp³-hybridized carbons (Fsp3) is 0.375. The minimum absolute atomic E-state index is 0.0762. The van der Waals surface area contributed by atoms with Gasteiger partial charge in [-0.25, -0.2) is 0 Å². The number of rotatable bonds is 5. The Morgan fingerprint density at radius 2 is 2.04 bits per heavy atom. The molecular formula is C16H16F3N3O. The van der Waals surface area contributed by atoms with Crippen LogP contribution in [-0.4, -0.2) is 24.0 Å². The highest BCUT2D eigenvalue weighted by atomic mass is 19.4. The van der Waals surface area contributed by atoms with Gasteiger partial charge in [0.2, 0.25) is 5.91 Å². The Bertz CT molecular complexity index is 726. The summed E-state index contributed by atoms with van der Waals surface area (Å²) in [6, 6.07) is 5.04. The Morgan fingerprint density at radius 3 is 2.74 bits per heavy atom. The molecule has 0 radical (unpaired) electrons. The molecule has 1 amide bonds. The SMILES string of the molecule is O=C(CNc1ccnc2cc(C(F)(F)F)ccc12)NCC1CC1. The molecule has 1 aromatic heterocycles. The van der Waals surface area contributed by atoms with Gasteiger partial charge in [0.15, 0.2) is 0 Å². The Labute approximate surface area is 131 Å². The average Bonchev–Trinajstić information content (AvgIpc) is 3.33. The van der Waals surface area contributed by atoms with Crippen LogP contribution in [0.5, 0.6) is 0 Å². The molecule has 1 fully saturated rings. The van der Waals surface area contributed by atoms with Gasteiger partial charge >= 0.3 is 6.18 Å². The summed E-state index contributed by atoms with van der Waals surface area (Å²) in [5.41, 5.74) is 0.0883. The van der Waals surface area contributed by atoms with Crippen LogP contribution in [0.3, 0.4) is 0 Å². The first kappa shape index (κ1) is 15.6. The number of alkyl halides is 3. The van der Waals surface area contributed by atoms with Crippen molar-refractivity contribution in [2.45, 2.75) is 19.0 Å². The number of amides is 1. The molecule has 2 N–H and O–H groups in total. The molecule has 7 heteroatoms. The maximum Gasteiger partial charge on any atom is 0.416 e. The lowest BCUT2D eigenvalue weighted by Gasteiger charge is -2.11. The van der Waals surface area contributed by atoms with Crippen molar-refractivity contribution in [2.24, 2.45) is 5.92 Å². The third-order valence-corrected chi connectivity index (χ3v) is 3.79. The quantitative estimate of drug-likeness (QED) is 0.888. The molecule has 2 aromatic rings. The van der Waals surface area contributed by atoms with Gasteiger partial charge in [-0.05, 0) is 37.0 Å². The van der Waals surface area contributed by atoms with Crippen molar-refractivity contribution in [1.82, 2.24) is 10.3 Å². The van der Waals surface area contributed by atoms with Crippen molar-refractivity contribution in [3.05, 3.63) is 36.0 Å². The van der Waals surface area contributed by atoms with Gasteiger partial charge in [0.05, 0.1) is 17.6 Å². The Hall–Kier alpha value is -2.31. The van der Waals surface area contributed by atoms with E-state index >= 15 is 0 Å². The lowest BCUT2D eigenvalue weighted by atomic mass is 10.1. The van der Waals surface area contributed by atoms with Crippen LogP contribution in [0, 0.1) is 5.92 Å². The van der Waals surface area contributed by atoms with Gasteiger partial charge in [-0.1, -0.05) is 6.07 Å². The Kier molecular flexibility index (Phi) is 4.11. The van der Waals surface area contributed by atoms with Crippen molar-refractivity contribution in [1.29, 1.82) is 0 Å².